The van der Waals surface area contributed by atoms with E-state index in [1.54, 1.807) is 26.2 Å². The average molecular weight is 491 g/mol. The van der Waals surface area contributed by atoms with Crippen molar-refractivity contribution in [1.29, 1.82) is 0 Å². The van der Waals surface area contributed by atoms with E-state index >= 15 is 0 Å². The second-order valence-electron chi connectivity index (χ2n) is 8.12. The van der Waals surface area contributed by atoms with Gasteiger partial charge in [-0.3, -0.25) is 4.90 Å². The molecule has 1 saturated heterocycles. The lowest BCUT2D eigenvalue weighted by Gasteiger charge is -2.37. The number of ether oxygens (including phenoxy) is 3. The van der Waals surface area contributed by atoms with Gasteiger partial charge in [0.1, 0.15) is 18.0 Å². The number of halogens is 2. The molecule has 34 heavy (non-hydrogen) atoms. The van der Waals surface area contributed by atoms with Crippen molar-refractivity contribution >= 4 is 34.0 Å². The summed E-state index contributed by atoms with van der Waals surface area (Å²) < 4.78 is 30.6. The monoisotopic (exact) mass is 490 g/mol. The van der Waals surface area contributed by atoms with Crippen molar-refractivity contribution in [3.05, 3.63) is 47.5 Å². The summed E-state index contributed by atoms with van der Waals surface area (Å²) in [7, 11) is 1.58. The Labute approximate surface area is 202 Å². The zero-order chi connectivity index (χ0) is 24.1. The predicted molar refractivity (Wildman–Crippen MR) is 129 cm³/mol. The molecule has 1 aliphatic heterocycles. The molecule has 0 saturated carbocycles. The van der Waals surface area contributed by atoms with Crippen LogP contribution in [0.15, 0.2) is 36.7 Å². The van der Waals surface area contributed by atoms with E-state index in [0.717, 1.165) is 24.9 Å². The summed E-state index contributed by atoms with van der Waals surface area (Å²) >= 11 is 5.91. The van der Waals surface area contributed by atoms with Gasteiger partial charge in [0.15, 0.2) is 11.5 Å². The van der Waals surface area contributed by atoms with Crippen LogP contribution >= 0.6 is 11.6 Å². The fraction of sp³-hybridized carbons (Fsp3) is 0.417. The van der Waals surface area contributed by atoms with E-state index in [9.17, 15) is 9.50 Å². The first-order valence-corrected chi connectivity index (χ1v) is 11.5. The summed E-state index contributed by atoms with van der Waals surface area (Å²) in [4.78, 5) is 10.9. The molecule has 1 aromatic heterocycles. The Morgan fingerprint density at radius 2 is 2.15 bits per heavy atom. The number of benzene rings is 2. The fourth-order valence-electron chi connectivity index (χ4n) is 3.98. The van der Waals surface area contributed by atoms with Crippen LogP contribution < -0.4 is 14.8 Å². The molecule has 2 heterocycles. The highest BCUT2D eigenvalue weighted by Gasteiger charge is 2.26. The predicted octanol–water partition coefficient (Wildman–Crippen LogP) is 4.03. The number of fused-ring (bicyclic) bond motifs is 1. The highest BCUT2D eigenvalue weighted by molar-refractivity contribution is 6.31. The minimum Gasteiger partial charge on any atom is -0.493 e. The summed E-state index contributed by atoms with van der Waals surface area (Å²) in [5.74, 6) is 1.18. The van der Waals surface area contributed by atoms with Gasteiger partial charge < -0.3 is 24.6 Å². The molecule has 182 valence electrons. The largest absolute Gasteiger partial charge is 0.493 e. The minimum absolute atomic E-state index is 0.00491. The zero-order valence-corrected chi connectivity index (χ0v) is 19.9. The van der Waals surface area contributed by atoms with Crippen LogP contribution in [0.25, 0.3) is 10.9 Å². The summed E-state index contributed by atoms with van der Waals surface area (Å²) in [6, 6.07) is 7.99. The molecule has 0 amide bonds. The number of aromatic nitrogens is 2. The molecular formula is C24H28ClFN4O4. The average Bonchev–Trinajstić information content (AvgIpc) is 2.84. The summed E-state index contributed by atoms with van der Waals surface area (Å²) in [5, 5.41) is 13.9. The van der Waals surface area contributed by atoms with E-state index in [1.807, 2.05) is 6.07 Å². The third-order valence-corrected chi connectivity index (χ3v) is 6.08. The number of hydrogen-bond donors (Lipinski definition) is 2. The molecule has 1 aliphatic rings. The van der Waals surface area contributed by atoms with Crippen LogP contribution in [0, 0.1) is 5.82 Å². The highest BCUT2D eigenvalue weighted by Crippen LogP contribution is 2.35. The lowest BCUT2D eigenvalue weighted by atomic mass is 10.1. The Morgan fingerprint density at radius 3 is 2.91 bits per heavy atom. The standard InChI is InChI=1S/C24H28ClFN4O4/c1-15(31)21-13-33-9-7-30(21)6-3-8-34-23-11-17-20(12-22(23)32-2)27-14-28-24(17)29-16-4-5-19(26)18(25)10-16/h4-5,10-12,14-15,21,31H,3,6-9,13H2,1-2H3,(H,27,28,29)/t15?,21-/m0/s1. The molecule has 10 heteroatoms. The van der Waals surface area contributed by atoms with Gasteiger partial charge in [-0.25, -0.2) is 14.4 Å². The van der Waals surface area contributed by atoms with Crippen molar-refractivity contribution in [1.82, 2.24) is 14.9 Å². The van der Waals surface area contributed by atoms with Gasteiger partial charge in [-0.1, -0.05) is 11.6 Å². The van der Waals surface area contributed by atoms with E-state index in [2.05, 4.69) is 20.2 Å². The van der Waals surface area contributed by atoms with Crippen LogP contribution in [-0.2, 0) is 4.74 Å². The van der Waals surface area contributed by atoms with Crippen LogP contribution in [-0.4, -0.2) is 72.1 Å². The summed E-state index contributed by atoms with van der Waals surface area (Å²) in [6.45, 7) is 5.03. The number of rotatable bonds is 9. The number of hydrogen-bond acceptors (Lipinski definition) is 8. The Balaban J connectivity index is 1.48. The first kappa shape index (κ1) is 24.4. The lowest BCUT2D eigenvalue weighted by Crippen LogP contribution is -2.51. The third-order valence-electron chi connectivity index (χ3n) is 5.79. The van der Waals surface area contributed by atoms with Gasteiger partial charge in [0, 0.05) is 30.2 Å². The minimum atomic E-state index is -0.489. The molecule has 3 aromatic rings. The van der Waals surface area contributed by atoms with Gasteiger partial charge in [0.2, 0.25) is 0 Å². The molecule has 0 bridgehead atoms. The zero-order valence-electron chi connectivity index (χ0n) is 19.1. The molecule has 1 unspecified atom stereocenters. The molecule has 4 rings (SSSR count). The topological polar surface area (TPSA) is 89.0 Å². The maximum absolute atomic E-state index is 13.5. The molecule has 2 atom stereocenters. The fourth-order valence-corrected chi connectivity index (χ4v) is 4.16. The Morgan fingerprint density at radius 1 is 1.29 bits per heavy atom. The van der Waals surface area contributed by atoms with E-state index < -0.39 is 11.9 Å². The van der Waals surface area contributed by atoms with Crippen molar-refractivity contribution in [2.24, 2.45) is 0 Å². The molecule has 0 spiro atoms. The Hall–Kier alpha value is -2.72. The van der Waals surface area contributed by atoms with Crippen molar-refractivity contribution in [3.8, 4) is 11.5 Å². The van der Waals surface area contributed by atoms with Gasteiger partial charge in [-0.05, 0) is 37.6 Å². The number of aliphatic hydroxyl groups excluding tert-OH is 1. The van der Waals surface area contributed by atoms with Crippen molar-refractivity contribution < 1.29 is 23.7 Å². The normalized spacial score (nSPS) is 17.5. The molecule has 2 aromatic carbocycles. The summed E-state index contributed by atoms with van der Waals surface area (Å²) in [5.41, 5.74) is 1.27. The summed E-state index contributed by atoms with van der Waals surface area (Å²) in [6.07, 6.45) is 1.76. The van der Waals surface area contributed by atoms with Gasteiger partial charge in [0.25, 0.3) is 0 Å². The van der Waals surface area contributed by atoms with Gasteiger partial charge in [-0.15, -0.1) is 0 Å². The second kappa shape index (κ2) is 11.1. The smallest absolute Gasteiger partial charge is 0.162 e. The number of anilines is 2. The van der Waals surface area contributed by atoms with Gasteiger partial charge >= 0.3 is 0 Å². The Bertz CT molecular complexity index is 1130. The molecular weight excluding hydrogens is 463 g/mol. The van der Waals surface area contributed by atoms with Crippen LogP contribution in [0.5, 0.6) is 11.5 Å². The Kier molecular flexibility index (Phi) is 7.99. The van der Waals surface area contributed by atoms with Crippen molar-refractivity contribution in [3.63, 3.8) is 0 Å². The number of methoxy groups -OCH3 is 1. The van der Waals surface area contributed by atoms with E-state index in [0.29, 0.717) is 48.3 Å². The van der Waals surface area contributed by atoms with Crippen molar-refractivity contribution in [2.75, 3.05) is 45.3 Å². The van der Waals surface area contributed by atoms with Crippen LogP contribution in [0.2, 0.25) is 5.02 Å². The van der Waals surface area contributed by atoms with E-state index in [-0.39, 0.29) is 11.1 Å². The SMILES string of the molecule is COc1cc2ncnc(Nc3ccc(F)c(Cl)c3)c2cc1OCCCN1CCOC[C@H]1C(C)O. The molecule has 2 N–H and O–H groups in total. The second-order valence-corrected chi connectivity index (χ2v) is 8.52. The number of aliphatic hydroxyl groups is 1. The lowest BCUT2D eigenvalue weighted by molar-refractivity contribution is -0.0541. The first-order chi connectivity index (χ1) is 16.5. The van der Waals surface area contributed by atoms with E-state index in [1.165, 1.54) is 18.5 Å². The van der Waals surface area contributed by atoms with Crippen LogP contribution in [0.1, 0.15) is 13.3 Å². The first-order valence-electron chi connectivity index (χ1n) is 11.1. The number of morpholine rings is 1. The number of nitrogens with zero attached hydrogens (tertiary/aromatic N) is 3. The van der Waals surface area contributed by atoms with Gasteiger partial charge in [-0.2, -0.15) is 0 Å². The van der Waals surface area contributed by atoms with Crippen molar-refractivity contribution in [2.45, 2.75) is 25.5 Å². The number of nitrogens with one attached hydrogen (secondary N) is 1. The maximum atomic E-state index is 13.5. The third kappa shape index (κ3) is 5.67. The van der Waals surface area contributed by atoms with Crippen LogP contribution in [0.4, 0.5) is 15.9 Å². The molecule has 0 aliphatic carbocycles. The quantitative estimate of drug-likeness (QED) is 0.435. The van der Waals surface area contributed by atoms with E-state index in [4.69, 9.17) is 25.8 Å². The molecule has 1 fully saturated rings. The highest BCUT2D eigenvalue weighted by atomic mass is 35.5. The van der Waals surface area contributed by atoms with Gasteiger partial charge in [0.05, 0.1) is 49.6 Å². The maximum Gasteiger partial charge on any atom is 0.162 e. The molecule has 8 nitrogen and oxygen atoms in total. The van der Waals surface area contributed by atoms with Crippen LogP contribution in [0.3, 0.4) is 0 Å². The molecule has 0 radical (unpaired) electrons.